The summed E-state index contributed by atoms with van der Waals surface area (Å²) in [7, 11) is 1.52. The zero-order valence-corrected chi connectivity index (χ0v) is 18.3. The van der Waals surface area contributed by atoms with Crippen LogP contribution < -0.4 is 9.64 Å². The van der Waals surface area contributed by atoms with Crippen LogP contribution in [0.1, 0.15) is 48.3 Å². The number of ketones is 1. The number of carbonyl (C=O) groups is 2. The van der Waals surface area contributed by atoms with Gasteiger partial charge in [0.15, 0.2) is 5.82 Å². The Balaban J connectivity index is 1.92. The van der Waals surface area contributed by atoms with Crippen LogP contribution in [-0.2, 0) is 9.59 Å². The predicted molar refractivity (Wildman–Crippen MR) is 120 cm³/mol. The number of aliphatic hydroxyl groups is 1. The quantitative estimate of drug-likeness (QED) is 0.356. The summed E-state index contributed by atoms with van der Waals surface area (Å²) in [6.07, 6.45) is 0. The third-order valence-electron chi connectivity index (χ3n) is 5.57. The van der Waals surface area contributed by atoms with E-state index in [4.69, 9.17) is 9.26 Å². The van der Waals surface area contributed by atoms with Crippen molar-refractivity contribution >= 4 is 23.3 Å². The minimum atomic E-state index is -0.855. The first-order valence-corrected chi connectivity index (χ1v) is 10.3. The van der Waals surface area contributed by atoms with E-state index >= 15 is 0 Å². The van der Waals surface area contributed by atoms with Gasteiger partial charge >= 0.3 is 5.91 Å². The fourth-order valence-electron chi connectivity index (χ4n) is 3.84. The fraction of sp³-hybridized carbons (Fsp3) is 0.240. The first-order valence-electron chi connectivity index (χ1n) is 10.3. The van der Waals surface area contributed by atoms with Gasteiger partial charge in [0.2, 0.25) is 0 Å². The van der Waals surface area contributed by atoms with Crippen molar-refractivity contribution in [3.63, 3.8) is 0 Å². The summed E-state index contributed by atoms with van der Waals surface area (Å²) in [5, 5.41) is 15.1. The Hall–Kier alpha value is -3.87. The van der Waals surface area contributed by atoms with E-state index in [2.05, 4.69) is 19.0 Å². The van der Waals surface area contributed by atoms with Gasteiger partial charge in [-0.1, -0.05) is 55.4 Å². The molecule has 1 N–H and O–H groups in total. The lowest BCUT2D eigenvalue weighted by atomic mass is 9.93. The Morgan fingerprint density at radius 2 is 1.84 bits per heavy atom. The Morgan fingerprint density at radius 1 is 1.12 bits per heavy atom. The first kappa shape index (κ1) is 21.4. The van der Waals surface area contributed by atoms with Crippen LogP contribution in [0.25, 0.3) is 5.76 Å². The molecule has 0 spiro atoms. The van der Waals surface area contributed by atoms with Crippen molar-refractivity contribution < 1.29 is 24.0 Å². The van der Waals surface area contributed by atoms with E-state index in [1.807, 2.05) is 24.3 Å². The second kappa shape index (κ2) is 8.34. The van der Waals surface area contributed by atoms with Crippen molar-refractivity contribution in [2.45, 2.75) is 32.7 Å². The molecule has 1 fully saturated rings. The molecule has 32 heavy (non-hydrogen) atoms. The number of methoxy groups -OCH3 is 1. The molecule has 3 aromatic rings. The van der Waals surface area contributed by atoms with Gasteiger partial charge in [-0.3, -0.25) is 14.5 Å². The maximum absolute atomic E-state index is 13.1. The Kier molecular flexibility index (Phi) is 5.57. The second-order valence-electron chi connectivity index (χ2n) is 8.02. The number of aryl methyl sites for hydroxylation is 1. The zero-order chi connectivity index (χ0) is 23.0. The Labute approximate surface area is 185 Å². The monoisotopic (exact) mass is 432 g/mol. The molecule has 0 saturated carbocycles. The lowest BCUT2D eigenvalue weighted by Crippen LogP contribution is -2.29. The highest BCUT2D eigenvalue weighted by molar-refractivity contribution is 6.51. The number of aromatic nitrogens is 1. The molecule has 2 aromatic carbocycles. The average Bonchev–Trinajstić information content (AvgIpc) is 3.34. The van der Waals surface area contributed by atoms with E-state index in [0.717, 1.165) is 5.56 Å². The number of benzene rings is 2. The van der Waals surface area contributed by atoms with E-state index in [0.29, 0.717) is 28.6 Å². The molecule has 1 aromatic heterocycles. The van der Waals surface area contributed by atoms with Gasteiger partial charge < -0.3 is 14.4 Å². The molecule has 1 saturated heterocycles. The first-order chi connectivity index (χ1) is 15.3. The molecule has 1 atom stereocenters. The largest absolute Gasteiger partial charge is 0.507 e. The van der Waals surface area contributed by atoms with Gasteiger partial charge in [0.25, 0.3) is 5.78 Å². The van der Waals surface area contributed by atoms with E-state index in [-0.39, 0.29) is 17.2 Å². The van der Waals surface area contributed by atoms with Gasteiger partial charge in [0.05, 0.1) is 18.7 Å². The molecule has 7 nitrogen and oxygen atoms in total. The second-order valence-corrected chi connectivity index (χ2v) is 8.02. The summed E-state index contributed by atoms with van der Waals surface area (Å²) < 4.78 is 10.4. The number of ether oxygens (including phenoxy) is 1. The van der Waals surface area contributed by atoms with Gasteiger partial charge in [0, 0.05) is 11.6 Å². The minimum absolute atomic E-state index is 0.0128. The number of rotatable bonds is 5. The van der Waals surface area contributed by atoms with Crippen LogP contribution in [0.4, 0.5) is 5.82 Å². The third-order valence-corrected chi connectivity index (χ3v) is 5.57. The van der Waals surface area contributed by atoms with Crippen LogP contribution >= 0.6 is 0 Å². The van der Waals surface area contributed by atoms with Crippen LogP contribution in [0.3, 0.4) is 0 Å². The maximum atomic E-state index is 13.1. The van der Waals surface area contributed by atoms with Gasteiger partial charge in [-0.2, -0.15) is 0 Å². The summed E-state index contributed by atoms with van der Waals surface area (Å²) in [6.45, 7) is 5.87. The molecule has 1 aliphatic heterocycles. The zero-order valence-electron chi connectivity index (χ0n) is 18.3. The standard InChI is InChI=1S/C25H24N2O5/c1-14(2)16-8-10-17(11-9-16)22-21(23(28)18-6-5-7-19(13-18)31-4)24(29)25(30)27(22)20-12-15(3)32-26-20/h5-14,22,28H,1-4H3/b23-21+/t22-/m1/s1. The molecule has 0 radical (unpaired) electrons. The van der Waals surface area contributed by atoms with E-state index < -0.39 is 17.7 Å². The van der Waals surface area contributed by atoms with E-state index in [1.165, 1.54) is 12.0 Å². The molecule has 7 heteroatoms. The predicted octanol–water partition coefficient (Wildman–Crippen LogP) is 4.74. The fourth-order valence-corrected chi connectivity index (χ4v) is 3.84. The number of carbonyl (C=O) groups excluding carboxylic acids is 2. The van der Waals surface area contributed by atoms with Crippen LogP contribution in [0.15, 0.2) is 64.7 Å². The van der Waals surface area contributed by atoms with Crippen LogP contribution in [-0.4, -0.2) is 29.1 Å². The van der Waals surface area contributed by atoms with Gasteiger partial charge in [-0.15, -0.1) is 0 Å². The molecular formula is C25H24N2O5. The molecule has 0 aliphatic carbocycles. The van der Waals surface area contributed by atoms with Crippen LogP contribution in [0.5, 0.6) is 5.75 Å². The number of Topliss-reactive ketones (excluding diaryl/α,β-unsaturated/α-hetero) is 1. The SMILES string of the molecule is COc1cccc(/C(O)=C2\C(=O)C(=O)N(c3cc(C)on3)[C@@H]2c2ccc(C(C)C)cc2)c1. The van der Waals surface area contributed by atoms with Crippen molar-refractivity contribution in [2.24, 2.45) is 0 Å². The molecule has 0 unspecified atom stereocenters. The average molecular weight is 432 g/mol. The minimum Gasteiger partial charge on any atom is -0.507 e. The molecule has 1 aliphatic rings. The van der Waals surface area contributed by atoms with Crippen molar-refractivity contribution in [1.82, 2.24) is 5.16 Å². The molecular weight excluding hydrogens is 408 g/mol. The lowest BCUT2D eigenvalue weighted by molar-refractivity contribution is -0.132. The lowest BCUT2D eigenvalue weighted by Gasteiger charge is -2.23. The number of nitrogens with zero attached hydrogens (tertiary/aromatic N) is 2. The number of amides is 1. The molecule has 4 rings (SSSR count). The van der Waals surface area contributed by atoms with Crippen LogP contribution in [0.2, 0.25) is 0 Å². The molecule has 0 bridgehead atoms. The molecule has 1 amide bonds. The van der Waals surface area contributed by atoms with Gasteiger partial charge in [0.1, 0.15) is 17.3 Å². The summed E-state index contributed by atoms with van der Waals surface area (Å²) in [5.41, 5.74) is 2.16. The summed E-state index contributed by atoms with van der Waals surface area (Å²) >= 11 is 0. The highest BCUT2D eigenvalue weighted by atomic mass is 16.5. The Morgan fingerprint density at radius 3 is 2.44 bits per heavy atom. The maximum Gasteiger partial charge on any atom is 0.301 e. The van der Waals surface area contributed by atoms with E-state index in [9.17, 15) is 14.7 Å². The number of anilines is 1. The topological polar surface area (TPSA) is 92.9 Å². The van der Waals surface area contributed by atoms with Crippen molar-refractivity contribution in [2.75, 3.05) is 12.0 Å². The highest BCUT2D eigenvalue weighted by Crippen LogP contribution is 2.42. The highest BCUT2D eigenvalue weighted by Gasteiger charge is 2.48. The Bertz CT molecular complexity index is 1210. The van der Waals surface area contributed by atoms with Crippen molar-refractivity contribution in [3.05, 3.63) is 82.6 Å². The molecule has 164 valence electrons. The van der Waals surface area contributed by atoms with E-state index in [1.54, 1.807) is 37.3 Å². The summed E-state index contributed by atoms with van der Waals surface area (Å²) in [6, 6.07) is 15.1. The van der Waals surface area contributed by atoms with Crippen LogP contribution in [0, 0.1) is 6.92 Å². The van der Waals surface area contributed by atoms with Gasteiger partial charge in [-0.05, 0) is 36.1 Å². The number of hydrogen-bond donors (Lipinski definition) is 1. The summed E-state index contributed by atoms with van der Waals surface area (Å²) in [4.78, 5) is 27.5. The smallest absolute Gasteiger partial charge is 0.301 e. The van der Waals surface area contributed by atoms with Gasteiger partial charge in [-0.25, -0.2) is 0 Å². The summed E-state index contributed by atoms with van der Waals surface area (Å²) in [5.74, 6) is -0.276. The van der Waals surface area contributed by atoms with Crippen molar-refractivity contribution in [3.8, 4) is 5.75 Å². The van der Waals surface area contributed by atoms with Crippen molar-refractivity contribution in [1.29, 1.82) is 0 Å². The molecule has 2 heterocycles. The third kappa shape index (κ3) is 3.66. The number of hydrogen-bond acceptors (Lipinski definition) is 6. The normalized spacial score (nSPS) is 17.9. The number of aliphatic hydroxyl groups excluding tert-OH is 1.